The number of hydrogen-bond donors (Lipinski definition) is 2. The minimum atomic E-state index is -0.694. The van der Waals surface area contributed by atoms with Gasteiger partial charge in [0, 0.05) is 18.2 Å². The molecule has 2 aromatic carbocycles. The monoisotopic (exact) mass is 360 g/mol. The molecule has 0 atom stereocenters. The van der Waals surface area contributed by atoms with Gasteiger partial charge in [-0.3, -0.25) is 4.79 Å². The van der Waals surface area contributed by atoms with Crippen LogP contribution >= 0.6 is 0 Å². The van der Waals surface area contributed by atoms with Crippen molar-refractivity contribution in [3.05, 3.63) is 53.6 Å². The second kappa shape index (κ2) is 7.41. The Morgan fingerprint density at radius 3 is 2.46 bits per heavy atom. The Bertz CT molecular complexity index is 817. The Labute approximate surface area is 151 Å². The summed E-state index contributed by atoms with van der Waals surface area (Å²) in [5.41, 5.74) is 5.89. The number of nitrogens with one attached hydrogen (secondary N) is 1. The van der Waals surface area contributed by atoms with Gasteiger partial charge in [-0.2, -0.15) is 0 Å². The third kappa shape index (κ3) is 3.55. The van der Waals surface area contributed by atoms with E-state index in [-0.39, 0.29) is 11.1 Å². The Morgan fingerprint density at radius 1 is 1.15 bits per heavy atom. The van der Waals surface area contributed by atoms with Crippen molar-refractivity contribution < 1.29 is 18.3 Å². The van der Waals surface area contributed by atoms with Gasteiger partial charge >= 0.3 is 0 Å². The predicted molar refractivity (Wildman–Crippen MR) is 96.1 cm³/mol. The molecule has 1 saturated carbocycles. The summed E-state index contributed by atoms with van der Waals surface area (Å²) in [6.07, 6.45) is 3.59. The van der Waals surface area contributed by atoms with Crippen LogP contribution in [-0.2, 0) is 0 Å². The Hall–Kier alpha value is -2.47. The Balaban J connectivity index is 1.84. The fourth-order valence-electron chi connectivity index (χ4n) is 3.46. The first-order valence-corrected chi connectivity index (χ1v) is 8.64. The Morgan fingerprint density at radius 2 is 1.88 bits per heavy atom. The second-order valence-corrected chi connectivity index (χ2v) is 6.69. The van der Waals surface area contributed by atoms with E-state index in [0.29, 0.717) is 17.9 Å². The summed E-state index contributed by atoms with van der Waals surface area (Å²) < 4.78 is 33.7. The van der Waals surface area contributed by atoms with Crippen LogP contribution in [0.1, 0.15) is 36.0 Å². The smallest absolute Gasteiger partial charge is 0.254 e. The van der Waals surface area contributed by atoms with Crippen molar-refractivity contribution in [2.45, 2.75) is 31.2 Å². The van der Waals surface area contributed by atoms with E-state index in [2.05, 4.69) is 5.32 Å². The maximum absolute atomic E-state index is 14.5. The summed E-state index contributed by atoms with van der Waals surface area (Å²) in [5.74, 6) is -1.32. The lowest BCUT2D eigenvalue weighted by atomic mass is 9.96. The first kappa shape index (κ1) is 18.3. The van der Waals surface area contributed by atoms with E-state index in [1.54, 1.807) is 6.07 Å². The number of carbonyl (C=O) groups is 1. The van der Waals surface area contributed by atoms with Crippen LogP contribution in [0.4, 0.5) is 8.78 Å². The van der Waals surface area contributed by atoms with Gasteiger partial charge in [0.2, 0.25) is 0 Å². The molecule has 3 rings (SSSR count). The van der Waals surface area contributed by atoms with Crippen LogP contribution < -0.4 is 15.8 Å². The third-order valence-electron chi connectivity index (χ3n) is 5.03. The molecule has 0 radical (unpaired) electrons. The highest BCUT2D eigenvalue weighted by Crippen LogP contribution is 2.30. The van der Waals surface area contributed by atoms with Gasteiger partial charge in [-0.25, -0.2) is 8.78 Å². The van der Waals surface area contributed by atoms with Crippen molar-refractivity contribution in [2.24, 2.45) is 5.73 Å². The van der Waals surface area contributed by atoms with Crippen LogP contribution in [-0.4, -0.2) is 25.1 Å². The molecule has 138 valence electrons. The van der Waals surface area contributed by atoms with Gasteiger partial charge in [0.05, 0.1) is 18.2 Å². The number of ether oxygens (including phenoxy) is 1. The van der Waals surface area contributed by atoms with Gasteiger partial charge in [0.1, 0.15) is 17.4 Å². The molecular weight excluding hydrogens is 338 g/mol. The van der Waals surface area contributed by atoms with E-state index in [1.165, 1.54) is 37.4 Å². The lowest BCUT2D eigenvalue weighted by molar-refractivity contribution is 0.0899. The zero-order valence-corrected chi connectivity index (χ0v) is 14.6. The highest BCUT2D eigenvalue weighted by molar-refractivity contribution is 5.95. The van der Waals surface area contributed by atoms with E-state index >= 15 is 0 Å². The lowest BCUT2D eigenvalue weighted by Crippen LogP contribution is -2.51. The van der Waals surface area contributed by atoms with Crippen molar-refractivity contribution >= 4 is 5.91 Å². The third-order valence-corrected chi connectivity index (χ3v) is 5.03. The Kier molecular flexibility index (Phi) is 5.23. The number of carbonyl (C=O) groups excluding carboxylic acids is 1. The number of nitrogens with two attached hydrogens (primary N) is 1. The number of hydrogen-bond acceptors (Lipinski definition) is 3. The lowest BCUT2D eigenvalue weighted by Gasteiger charge is -2.28. The maximum atomic E-state index is 14.5. The molecule has 0 aromatic heterocycles. The van der Waals surface area contributed by atoms with E-state index in [4.69, 9.17) is 10.5 Å². The van der Waals surface area contributed by atoms with Crippen molar-refractivity contribution in [2.75, 3.05) is 13.7 Å². The SMILES string of the molecule is COc1ccc(-c2ccc(C(=O)NC3(CN)CCCC3)c(F)c2)c(F)c1. The number of amides is 1. The van der Waals surface area contributed by atoms with Crippen LogP contribution in [0.3, 0.4) is 0 Å². The van der Waals surface area contributed by atoms with Crippen LogP contribution in [0.5, 0.6) is 5.75 Å². The van der Waals surface area contributed by atoms with Crippen molar-refractivity contribution in [1.29, 1.82) is 0 Å². The molecule has 1 aliphatic rings. The molecule has 1 fully saturated rings. The fraction of sp³-hybridized carbons (Fsp3) is 0.350. The molecule has 0 spiro atoms. The summed E-state index contributed by atoms with van der Waals surface area (Å²) in [7, 11) is 1.44. The summed E-state index contributed by atoms with van der Waals surface area (Å²) in [6.45, 7) is 0.329. The maximum Gasteiger partial charge on any atom is 0.254 e. The van der Waals surface area contributed by atoms with E-state index in [1.807, 2.05) is 0 Å². The molecule has 0 aliphatic heterocycles. The molecule has 4 nitrogen and oxygen atoms in total. The molecule has 2 aromatic rings. The molecular formula is C20H22F2N2O2. The van der Waals surface area contributed by atoms with Crippen molar-refractivity contribution in [3.8, 4) is 16.9 Å². The highest BCUT2D eigenvalue weighted by Gasteiger charge is 2.34. The normalized spacial score (nSPS) is 15.7. The summed E-state index contributed by atoms with van der Waals surface area (Å²) in [4.78, 5) is 12.5. The van der Waals surface area contributed by atoms with Crippen LogP contribution in [0.25, 0.3) is 11.1 Å². The standard InChI is InChI=1S/C20H22F2N2O2/c1-26-14-5-7-15(18(22)11-14)13-4-6-16(17(21)10-13)19(25)24-20(12-23)8-2-3-9-20/h4-7,10-11H,2-3,8-9,12,23H2,1H3,(H,24,25). The average molecular weight is 360 g/mol. The predicted octanol–water partition coefficient (Wildman–Crippen LogP) is 3.64. The van der Waals surface area contributed by atoms with E-state index in [0.717, 1.165) is 25.7 Å². The minimum Gasteiger partial charge on any atom is -0.497 e. The second-order valence-electron chi connectivity index (χ2n) is 6.69. The fourth-order valence-corrected chi connectivity index (χ4v) is 3.46. The number of halogens is 2. The largest absolute Gasteiger partial charge is 0.497 e. The number of benzene rings is 2. The van der Waals surface area contributed by atoms with Gasteiger partial charge < -0.3 is 15.8 Å². The van der Waals surface area contributed by atoms with Gasteiger partial charge in [0.15, 0.2) is 0 Å². The number of methoxy groups -OCH3 is 1. The minimum absolute atomic E-state index is 0.0672. The zero-order valence-electron chi connectivity index (χ0n) is 14.6. The number of rotatable bonds is 5. The quantitative estimate of drug-likeness (QED) is 0.856. The van der Waals surface area contributed by atoms with Gasteiger partial charge in [0.25, 0.3) is 5.91 Å². The van der Waals surface area contributed by atoms with Gasteiger partial charge in [-0.1, -0.05) is 18.9 Å². The molecule has 3 N–H and O–H groups in total. The molecule has 0 bridgehead atoms. The molecule has 1 amide bonds. The molecule has 1 aliphatic carbocycles. The van der Waals surface area contributed by atoms with Crippen molar-refractivity contribution in [3.63, 3.8) is 0 Å². The molecule has 6 heteroatoms. The van der Waals surface area contributed by atoms with Crippen LogP contribution in [0, 0.1) is 11.6 Å². The highest BCUT2D eigenvalue weighted by atomic mass is 19.1. The summed E-state index contributed by atoms with van der Waals surface area (Å²) in [5, 5.41) is 2.89. The first-order chi connectivity index (χ1) is 12.5. The summed E-state index contributed by atoms with van der Waals surface area (Å²) in [6, 6.07) is 8.44. The molecule has 26 heavy (non-hydrogen) atoms. The average Bonchev–Trinajstić information content (AvgIpc) is 3.10. The van der Waals surface area contributed by atoms with Gasteiger partial charge in [-0.05, 0) is 42.7 Å². The van der Waals surface area contributed by atoms with Gasteiger partial charge in [-0.15, -0.1) is 0 Å². The molecule has 0 saturated heterocycles. The first-order valence-electron chi connectivity index (χ1n) is 8.64. The van der Waals surface area contributed by atoms with E-state index < -0.39 is 23.1 Å². The van der Waals surface area contributed by atoms with Crippen LogP contribution in [0.15, 0.2) is 36.4 Å². The van der Waals surface area contributed by atoms with Crippen molar-refractivity contribution in [1.82, 2.24) is 5.32 Å². The topological polar surface area (TPSA) is 64.3 Å². The summed E-state index contributed by atoms with van der Waals surface area (Å²) >= 11 is 0. The van der Waals surface area contributed by atoms with E-state index in [9.17, 15) is 13.6 Å². The molecule has 0 unspecified atom stereocenters. The molecule has 0 heterocycles. The zero-order chi connectivity index (χ0) is 18.7. The van der Waals surface area contributed by atoms with Crippen LogP contribution in [0.2, 0.25) is 0 Å².